The van der Waals surface area contributed by atoms with Crippen LogP contribution in [-0.4, -0.2) is 47.1 Å². The van der Waals surface area contributed by atoms with Gasteiger partial charge in [0.25, 0.3) is 5.56 Å². The summed E-state index contributed by atoms with van der Waals surface area (Å²) < 4.78 is 16.8. The third-order valence-electron chi connectivity index (χ3n) is 6.53. The van der Waals surface area contributed by atoms with Crippen molar-refractivity contribution >= 4 is 28.8 Å². The number of carbonyl (C=O) groups is 1. The van der Waals surface area contributed by atoms with Gasteiger partial charge in [-0.2, -0.15) is 9.78 Å². The molecular formula is C30H30N4O7. The van der Waals surface area contributed by atoms with Crippen LogP contribution in [0, 0.1) is 17.0 Å². The van der Waals surface area contributed by atoms with Gasteiger partial charge in [0.2, 0.25) is 0 Å². The van der Waals surface area contributed by atoms with Crippen LogP contribution in [-0.2, 0) is 9.53 Å². The Morgan fingerprint density at radius 3 is 2.46 bits per heavy atom. The number of nitrogens with zero attached hydrogens (tertiary/aromatic N) is 4. The minimum Gasteiger partial charge on any atom is -0.496 e. The number of methoxy groups -OCH3 is 2. The van der Waals surface area contributed by atoms with Crippen molar-refractivity contribution in [3.8, 4) is 22.9 Å². The Balaban J connectivity index is 1.87. The number of esters is 1. The fraction of sp³-hybridized carbons (Fsp3) is 0.267. The summed E-state index contributed by atoms with van der Waals surface area (Å²) in [7, 11) is 2.81. The van der Waals surface area contributed by atoms with Gasteiger partial charge in [0.05, 0.1) is 36.3 Å². The van der Waals surface area contributed by atoms with Crippen LogP contribution in [0.2, 0.25) is 0 Å². The molecule has 4 aromatic rings. The van der Waals surface area contributed by atoms with E-state index in [-0.39, 0.29) is 17.4 Å². The average Bonchev–Trinajstić information content (AvgIpc) is 2.96. The molecule has 0 bridgehead atoms. The molecular weight excluding hydrogens is 528 g/mol. The van der Waals surface area contributed by atoms with Gasteiger partial charge in [0.15, 0.2) is 17.7 Å². The lowest BCUT2D eigenvalue weighted by Crippen LogP contribution is -2.25. The molecule has 0 fully saturated rings. The van der Waals surface area contributed by atoms with Crippen LogP contribution in [0.25, 0.3) is 22.3 Å². The Morgan fingerprint density at radius 2 is 1.80 bits per heavy atom. The van der Waals surface area contributed by atoms with Gasteiger partial charge in [-0.15, -0.1) is 0 Å². The highest BCUT2D eigenvalue weighted by Gasteiger charge is 2.22. The maximum atomic E-state index is 13.7. The number of para-hydroxylation sites is 1. The smallest absolute Gasteiger partial charge is 0.346 e. The summed E-state index contributed by atoms with van der Waals surface area (Å²) in [6.45, 7) is 7.41. The predicted molar refractivity (Wildman–Crippen MR) is 155 cm³/mol. The molecule has 1 aromatic heterocycles. The second kappa shape index (κ2) is 12.0. The Hall–Kier alpha value is -5.06. The number of hydrogen-bond donors (Lipinski definition) is 0. The first kappa shape index (κ1) is 28.9. The van der Waals surface area contributed by atoms with E-state index in [9.17, 15) is 19.7 Å². The third-order valence-corrected chi connectivity index (χ3v) is 6.53. The molecule has 0 unspecified atom stereocenters. The lowest BCUT2D eigenvalue weighted by atomic mass is 9.96. The van der Waals surface area contributed by atoms with Gasteiger partial charge in [0, 0.05) is 17.2 Å². The zero-order valence-electron chi connectivity index (χ0n) is 23.6. The summed E-state index contributed by atoms with van der Waals surface area (Å²) in [4.78, 5) is 41.3. The lowest BCUT2D eigenvalue weighted by molar-refractivity contribution is -0.386. The number of fused-ring (bicyclic) bond motifs is 1. The van der Waals surface area contributed by atoms with E-state index < -0.39 is 22.6 Å². The number of carbonyl (C=O) groups excluding carboxylic acids is 1. The Kier molecular flexibility index (Phi) is 8.46. The molecule has 41 heavy (non-hydrogen) atoms. The largest absolute Gasteiger partial charge is 0.496 e. The summed E-state index contributed by atoms with van der Waals surface area (Å²) in [6, 6.07) is 15.0. The first-order chi connectivity index (χ1) is 19.5. The van der Waals surface area contributed by atoms with Crippen LogP contribution in [0.1, 0.15) is 43.4 Å². The number of hydrogen-bond acceptors (Lipinski definition) is 9. The monoisotopic (exact) mass is 558 g/mol. The quantitative estimate of drug-likeness (QED) is 0.118. The van der Waals surface area contributed by atoms with E-state index >= 15 is 0 Å². The zero-order valence-corrected chi connectivity index (χ0v) is 23.6. The molecule has 1 atom stereocenters. The van der Waals surface area contributed by atoms with Gasteiger partial charge in [0.1, 0.15) is 5.75 Å². The van der Waals surface area contributed by atoms with Crippen molar-refractivity contribution in [1.29, 1.82) is 0 Å². The molecule has 0 spiro atoms. The van der Waals surface area contributed by atoms with Crippen molar-refractivity contribution < 1.29 is 23.9 Å². The Labute approximate surface area is 236 Å². The maximum absolute atomic E-state index is 13.7. The first-order valence-electron chi connectivity index (χ1n) is 12.8. The van der Waals surface area contributed by atoms with Crippen LogP contribution in [0.15, 0.2) is 64.5 Å². The number of nitro groups is 1. The SMILES string of the molecule is COC(=O)[C@H](C)Oc1ccc(C=Nn2c(-c3cc(C(C)C)c(OC)cc3C)nc3ccccc3c2=O)cc1[N+](=O)[O-]. The predicted octanol–water partition coefficient (Wildman–Crippen LogP) is 5.23. The number of ether oxygens (including phenoxy) is 3. The molecule has 11 heteroatoms. The van der Waals surface area contributed by atoms with E-state index in [0.29, 0.717) is 27.9 Å². The number of benzene rings is 3. The number of rotatable bonds is 9. The molecule has 212 valence electrons. The van der Waals surface area contributed by atoms with Crippen LogP contribution in [0.4, 0.5) is 5.69 Å². The molecule has 3 aromatic carbocycles. The summed E-state index contributed by atoms with van der Waals surface area (Å²) >= 11 is 0. The van der Waals surface area contributed by atoms with E-state index in [4.69, 9.17) is 14.5 Å². The van der Waals surface area contributed by atoms with Gasteiger partial charge < -0.3 is 14.2 Å². The normalized spacial score (nSPS) is 12.1. The first-order valence-corrected chi connectivity index (χ1v) is 12.8. The van der Waals surface area contributed by atoms with Gasteiger partial charge in [-0.1, -0.05) is 26.0 Å². The number of nitro benzene ring substituents is 1. The standard InChI is InChI=1S/C30H30N4O7/c1-17(2)22-15-23(18(3)13-27(22)39-5)28-32-24-10-8-7-9-21(24)29(35)33(28)31-16-20-11-12-26(25(14-20)34(37)38)41-19(4)30(36)40-6/h7-17,19H,1-6H3/t19-/m0/s1. The molecule has 4 rings (SSSR count). The van der Waals surface area contributed by atoms with Gasteiger partial charge >= 0.3 is 11.7 Å². The molecule has 11 nitrogen and oxygen atoms in total. The van der Waals surface area contributed by atoms with Gasteiger partial charge in [-0.3, -0.25) is 14.9 Å². The molecule has 0 aliphatic heterocycles. The van der Waals surface area contributed by atoms with E-state index in [0.717, 1.165) is 16.9 Å². The van der Waals surface area contributed by atoms with Crippen molar-refractivity contribution in [3.63, 3.8) is 0 Å². The van der Waals surface area contributed by atoms with Crippen LogP contribution in [0.3, 0.4) is 0 Å². The van der Waals surface area contributed by atoms with Crippen molar-refractivity contribution in [2.75, 3.05) is 14.2 Å². The highest BCUT2D eigenvalue weighted by molar-refractivity contribution is 5.83. The third kappa shape index (κ3) is 5.93. The van der Waals surface area contributed by atoms with Gasteiger partial charge in [-0.05, 0) is 67.3 Å². The van der Waals surface area contributed by atoms with Crippen molar-refractivity contribution in [2.24, 2.45) is 5.10 Å². The van der Waals surface area contributed by atoms with Crippen LogP contribution < -0.4 is 15.0 Å². The average molecular weight is 559 g/mol. The zero-order chi connectivity index (χ0) is 29.8. The second-order valence-corrected chi connectivity index (χ2v) is 9.65. The fourth-order valence-electron chi connectivity index (χ4n) is 4.36. The van der Waals surface area contributed by atoms with Crippen molar-refractivity contribution in [1.82, 2.24) is 9.66 Å². The minimum atomic E-state index is -1.05. The number of aryl methyl sites for hydroxylation is 1. The van der Waals surface area contributed by atoms with Crippen molar-refractivity contribution in [3.05, 3.63) is 91.8 Å². The summed E-state index contributed by atoms with van der Waals surface area (Å²) in [5.74, 6) is 0.404. The molecule has 0 radical (unpaired) electrons. The van der Waals surface area contributed by atoms with Crippen molar-refractivity contribution in [2.45, 2.75) is 39.7 Å². The molecule has 0 aliphatic carbocycles. The fourth-order valence-corrected chi connectivity index (χ4v) is 4.36. The van der Waals surface area contributed by atoms with Crippen LogP contribution in [0.5, 0.6) is 11.5 Å². The molecule has 0 saturated carbocycles. The molecule has 0 saturated heterocycles. The molecule has 0 amide bonds. The molecule has 0 N–H and O–H groups in total. The maximum Gasteiger partial charge on any atom is 0.346 e. The topological polar surface area (TPSA) is 135 Å². The summed E-state index contributed by atoms with van der Waals surface area (Å²) in [5, 5.41) is 16.6. The highest BCUT2D eigenvalue weighted by atomic mass is 16.6. The summed E-state index contributed by atoms with van der Waals surface area (Å²) in [6.07, 6.45) is 0.288. The summed E-state index contributed by atoms with van der Waals surface area (Å²) in [5.41, 5.74) is 2.53. The number of aromatic nitrogens is 2. The lowest BCUT2D eigenvalue weighted by Gasteiger charge is -2.17. The minimum absolute atomic E-state index is 0.106. The van der Waals surface area contributed by atoms with E-state index in [2.05, 4.69) is 9.84 Å². The Morgan fingerprint density at radius 1 is 1.07 bits per heavy atom. The molecule has 0 aliphatic rings. The van der Waals surface area contributed by atoms with E-state index in [1.165, 1.54) is 43.1 Å². The Bertz CT molecular complexity index is 1730. The van der Waals surface area contributed by atoms with Gasteiger partial charge in [-0.25, -0.2) is 9.78 Å². The second-order valence-electron chi connectivity index (χ2n) is 9.65. The van der Waals surface area contributed by atoms with Crippen LogP contribution >= 0.6 is 0 Å². The van der Waals surface area contributed by atoms with E-state index in [1.807, 2.05) is 32.9 Å². The van der Waals surface area contributed by atoms with E-state index in [1.54, 1.807) is 31.4 Å². The molecule has 1 heterocycles. The highest BCUT2D eigenvalue weighted by Crippen LogP contribution is 2.34.